The van der Waals surface area contributed by atoms with Crippen LogP contribution in [-0.2, 0) is 14.4 Å². The Morgan fingerprint density at radius 1 is 1.04 bits per heavy atom. The Morgan fingerprint density at radius 3 is 2.40 bits per heavy atom. The number of carbonyl (C=O) groups is 3. The molecule has 0 radical (unpaired) electrons. The van der Waals surface area contributed by atoms with Crippen LogP contribution >= 0.6 is 0 Å². The predicted molar refractivity (Wildman–Crippen MR) is 97.4 cm³/mol. The summed E-state index contributed by atoms with van der Waals surface area (Å²) in [5, 5.41) is 9.55. The first-order chi connectivity index (χ1) is 11.9. The molecule has 0 saturated heterocycles. The van der Waals surface area contributed by atoms with E-state index in [0.717, 1.165) is 16.3 Å². The molecule has 1 atom stereocenters. The van der Waals surface area contributed by atoms with E-state index in [1.807, 2.05) is 42.5 Å². The van der Waals surface area contributed by atoms with Gasteiger partial charge in [0.15, 0.2) is 0 Å². The lowest BCUT2D eigenvalue weighted by molar-refractivity contribution is -0.127. The number of amides is 3. The number of hydrogen-bond acceptors (Lipinski definition) is 3. The van der Waals surface area contributed by atoms with Gasteiger partial charge in [-0.1, -0.05) is 42.5 Å². The molecule has 0 unspecified atom stereocenters. The number of hydrogen-bond donors (Lipinski definition) is 3. The highest BCUT2D eigenvalue weighted by molar-refractivity contribution is 6.04. The zero-order chi connectivity index (χ0) is 18.4. The van der Waals surface area contributed by atoms with Gasteiger partial charge in [0, 0.05) is 14.0 Å². The number of likely N-dealkylation sites (N-methyl/N-ethyl adjacent to an activating group) is 1. The molecule has 6 nitrogen and oxygen atoms in total. The van der Waals surface area contributed by atoms with E-state index in [4.69, 9.17) is 0 Å². The molecule has 0 heterocycles. The Hall–Kier alpha value is -3.15. The van der Waals surface area contributed by atoms with Gasteiger partial charge in [0.1, 0.15) is 11.7 Å². The molecule has 2 aromatic carbocycles. The topological polar surface area (TPSA) is 87.3 Å². The predicted octanol–water partition coefficient (Wildman–Crippen LogP) is 1.57. The van der Waals surface area contributed by atoms with Crippen molar-refractivity contribution in [2.45, 2.75) is 19.9 Å². The van der Waals surface area contributed by atoms with Crippen LogP contribution in [0.5, 0.6) is 0 Å². The van der Waals surface area contributed by atoms with Crippen LogP contribution in [-0.4, -0.2) is 30.8 Å². The quantitative estimate of drug-likeness (QED) is 0.723. The maximum atomic E-state index is 12.5. The van der Waals surface area contributed by atoms with Crippen LogP contribution in [0.4, 0.5) is 0 Å². The van der Waals surface area contributed by atoms with Crippen LogP contribution in [0.25, 0.3) is 16.8 Å². The van der Waals surface area contributed by atoms with Crippen LogP contribution in [0.1, 0.15) is 19.4 Å². The van der Waals surface area contributed by atoms with Crippen LogP contribution in [0.3, 0.4) is 0 Å². The third-order valence-corrected chi connectivity index (χ3v) is 3.67. The van der Waals surface area contributed by atoms with Crippen molar-refractivity contribution in [2.24, 2.45) is 0 Å². The summed E-state index contributed by atoms with van der Waals surface area (Å²) in [4.78, 5) is 35.5. The first-order valence-corrected chi connectivity index (χ1v) is 7.92. The van der Waals surface area contributed by atoms with Gasteiger partial charge >= 0.3 is 0 Å². The number of nitrogens with one attached hydrogen (secondary N) is 3. The molecule has 130 valence electrons. The molecule has 0 saturated carbocycles. The second kappa shape index (κ2) is 8.10. The zero-order valence-electron chi connectivity index (χ0n) is 14.4. The number of fused-ring (bicyclic) bond motifs is 1. The van der Waals surface area contributed by atoms with Crippen molar-refractivity contribution in [3.63, 3.8) is 0 Å². The van der Waals surface area contributed by atoms with Gasteiger partial charge in [-0.2, -0.15) is 0 Å². The lowest BCUT2D eigenvalue weighted by atomic mass is 10.0. The maximum Gasteiger partial charge on any atom is 0.268 e. The molecule has 3 amide bonds. The molecule has 0 aromatic heterocycles. The van der Waals surface area contributed by atoms with E-state index in [1.165, 1.54) is 14.0 Å². The van der Waals surface area contributed by atoms with Crippen LogP contribution in [0, 0.1) is 0 Å². The van der Waals surface area contributed by atoms with Gasteiger partial charge in [-0.05, 0) is 29.3 Å². The van der Waals surface area contributed by atoms with E-state index < -0.39 is 11.9 Å². The van der Waals surface area contributed by atoms with Gasteiger partial charge in [0.2, 0.25) is 11.8 Å². The molecule has 0 bridgehead atoms. The number of rotatable bonds is 5. The average Bonchev–Trinajstić information content (AvgIpc) is 2.60. The van der Waals surface area contributed by atoms with Crippen molar-refractivity contribution < 1.29 is 14.4 Å². The minimum absolute atomic E-state index is 0.0830. The standard InChI is InChI=1S/C19H21N3O3/c1-12(18(24)20-3)21-19(25)17(22-13(2)23)11-15-9-6-8-14-7-4-5-10-16(14)15/h4-12H,1-3H3,(H,20,24)(H,21,25)(H,22,23)/b17-11-/t12-/m0/s1. The summed E-state index contributed by atoms with van der Waals surface area (Å²) in [6, 6.07) is 12.7. The Balaban J connectivity index is 2.39. The molecule has 2 aromatic rings. The normalized spacial score (nSPS) is 12.4. The molecule has 0 aliphatic carbocycles. The Kier molecular flexibility index (Phi) is 5.89. The van der Waals surface area contributed by atoms with Crippen molar-refractivity contribution in [1.29, 1.82) is 0 Å². The van der Waals surface area contributed by atoms with Crippen LogP contribution in [0.2, 0.25) is 0 Å². The highest BCUT2D eigenvalue weighted by atomic mass is 16.2. The summed E-state index contributed by atoms with van der Waals surface area (Å²) < 4.78 is 0. The lowest BCUT2D eigenvalue weighted by Crippen LogP contribution is -2.46. The van der Waals surface area contributed by atoms with Gasteiger partial charge in [0.25, 0.3) is 5.91 Å². The fourth-order valence-electron chi connectivity index (χ4n) is 2.44. The van der Waals surface area contributed by atoms with E-state index in [1.54, 1.807) is 13.0 Å². The molecule has 25 heavy (non-hydrogen) atoms. The second-order valence-electron chi connectivity index (χ2n) is 5.62. The lowest BCUT2D eigenvalue weighted by Gasteiger charge is -2.15. The summed E-state index contributed by atoms with van der Waals surface area (Å²) in [6.07, 6.45) is 1.61. The third kappa shape index (κ3) is 4.67. The smallest absolute Gasteiger partial charge is 0.268 e. The summed E-state index contributed by atoms with van der Waals surface area (Å²) >= 11 is 0. The molecular weight excluding hydrogens is 318 g/mol. The van der Waals surface area contributed by atoms with Crippen LogP contribution < -0.4 is 16.0 Å². The minimum atomic E-state index is -0.720. The Morgan fingerprint density at radius 2 is 1.72 bits per heavy atom. The first-order valence-electron chi connectivity index (χ1n) is 7.92. The molecule has 0 spiro atoms. The van der Waals surface area contributed by atoms with Crippen LogP contribution in [0.15, 0.2) is 48.2 Å². The molecule has 0 fully saturated rings. The van der Waals surface area contributed by atoms with Crippen molar-refractivity contribution in [3.8, 4) is 0 Å². The average molecular weight is 339 g/mol. The summed E-state index contributed by atoms with van der Waals surface area (Å²) in [5.74, 6) is -1.21. The molecule has 0 aliphatic rings. The molecule has 0 aliphatic heterocycles. The van der Waals surface area contributed by atoms with E-state index in [-0.39, 0.29) is 17.5 Å². The van der Waals surface area contributed by atoms with Crippen molar-refractivity contribution in [1.82, 2.24) is 16.0 Å². The second-order valence-corrected chi connectivity index (χ2v) is 5.62. The fourth-order valence-corrected chi connectivity index (χ4v) is 2.44. The highest BCUT2D eigenvalue weighted by Crippen LogP contribution is 2.20. The third-order valence-electron chi connectivity index (χ3n) is 3.67. The maximum absolute atomic E-state index is 12.5. The van der Waals surface area contributed by atoms with E-state index >= 15 is 0 Å². The monoisotopic (exact) mass is 339 g/mol. The van der Waals surface area contributed by atoms with Crippen molar-refractivity contribution in [2.75, 3.05) is 7.05 Å². The highest BCUT2D eigenvalue weighted by Gasteiger charge is 2.18. The number of benzene rings is 2. The zero-order valence-corrected chi connectivity index (χ0v) is 14.4. The summed E-state index contributed by atoms with van der Waals surface area (Å²) in [6.45, 7) is 2.90. The van der Waals surface area contributed by atoms with Gasteiger partial charge in [-0.25, -0.2) is 0 Å². The van der Waals surface area contributed by atoms with E-state index in [9.17, 15) is 14.4 Å². The van der Waals surface area contributed by atoms with Crippen molar-refractivity contribution >= 4 is 34.6 Å². The summed E-state index contributed by atoms with van der Waals surface area (Å²) in [5.41, 5.74) is 0.879. The van der Waals surface area contributed by atoms with Crippen molar-refractivity contribution in [3.05, 3.63) is 53.7 Å². The largest absolute Gasteiger partial charge is 0.357 e. The SMILES string of the molecule is CNC(=O)[C@H](C)NC(=O)/C(=C/c1cccc2ccccc12)NC(C)=O. The fraction of sp³-hybridized carbons (Fsp3) is 0.211. The molecular formula is C19H21N3O3. The molecule has 2 rings (SSSR count). The Labute approximate surface area is 146 Å². The number of carbonyl (C=O) groups excluding carboxylic acids is 3. The van der Waals surface area contributed by atoms with E-state index in [0.29, 0.717) is 0 Å². The van der Waals surface area contributed by atoms with Gasteiger partial charge < -0.3 is 16.0 Å². The van der Waals surface area contributed by atoms with Gasteiger partial charge in [-0.3, -0.25) is 14.4 Å². The van der Waals surface area contributed by atoms with E-state index in [2.05, 4.69) is 16.0 Å². The summed E-state index contributed by atoms with van der Waals surface area (Å²) in [7, 11) is 1.49. The molecule has 3 N–H and O–H groups in total. The van der Waals surface area contributed by atoms with Gasteiger partial charge in [-0.15, -0.1) is 0 Å². The van der Waals surface area contributed by atoms with Gasteiger partial charge in [0.05, 0.1) is 0 Å². The Bertz CT molecular complexity index is 837. The molecule has 6 heteroatoms. The minimum Gasteiger partial charge on any atom is -0.357 e. The first kappa shape index (κ1) is 18.2.